The number of benzene rings is 1. The zero-order chi connectivity index (χ0) is 16.0. The zero-order valence-electron chi connectivity index (χ0n) is 12.8. The average Bonchev–Trinajstić information content (AvgIpc) is 2.47. The number of carbonyl (C=O) groups excluding carboxylic acids is 2. The van der Waals surface area contributed by atoms with E-state index in [1.165, 1.54) is 6.07 Å². The van der Waals surface area contributed by atoms with E-state index in [2.05, 4.69) is 0 Å². The molecule has 0 N–H and O–H groups in total. The van der Waals surface area contributed by atoms with Crippen molar-refractivity contribution in [3.05, 3.63) is 23.8 Å². The van der Waals surface area contributed by atoms with Crippen molar-refractivity contribution in [1.82, 2.24) is 0 Å². The predicted molar refractivity (Wildman–Crippen MR) is 77.9 cm³/mol. The SMILES string of the molecule is CCOc1ccc(OCC)c(C(=O)C(F)C(=O)C(C)C)c1. The first-order chi connectivity index (χ1) is 9.92. The fraction of sp³-hybridized carbons (Fsp3) is 0.500. The number of ether oxygens (including phenoxy) is 2. The fourth-order valence-electron chi connectivity index (χ4n) is 1.80. The summed E-state index contributed by atoms with van der Waals surface area (Å²) in [5.41, 5.74) is 0.0318. The van der Waals surface area contributed by atoms with Crippen molar-refractivity contribution in [2.24, 2.45) is 5.92 Å². The lowest BCUT2D eigenvalue weighted by Gasteiger charge is -2.14. The smallest absolute Gasteiger partial charge is 0.221 e. The summed E-state index contributed by atoms with van der Waals surface area (Å²) in [5, 5.41) is 0. The van der Waals surface area contributed by atoms with Crippen LogP contribution in [0.25, 0.3) is 0 Å². The van der Waals surface area contributed by atoms with Gasteiger partial charge in [0.2, 0.25) is 12.0 Å². The molecule has 4 nitrogen and oxygen atoms in total. The van der Waals surface area contributed by atoms with Gasteiger partial charge in [-0.15, -0.1) is 0 Å². The lowest BCUT2D eigenvalue weighted by atomic mass is 9.97. The summed E-state index contributed by atoms with van der Waals surface area (Å²) < 4.78 is 24.7. The third kappa shape index (κ3) is 4.28. The molecule has 0 saturated heterocycles. The van der Waals surface area contributed by atoms with E-state index >= 15 is 0 Å². The molecule has 0 aromatic heterocycles. The third-order valence-electron chi connectivity index (χ3n) is 2.88. The Labute approximate surface area is 124 Å². The molecule has 0 radical (unpaired) electrons. The molecule has 0 bridgehead atoms. The Bertz CT molecular complexity index is 511. The maximum absolute atomic E-state index is 14.1. The van der Waals surface area contributed by atoms with Crippen LogP contribution in [0.3, 0.4) is 0 Å². The number of Topliss-reactive ketones (excluding diaryl/α,β-unsaturated/α-hetero) is 2. The second-order valence-corrected chi connectivity index (χ2v) is 4.81. The summed E-state index contributed by atoms with van der Waals surface area (Å²) in [6.45, 7) is 7.44. The van der Waals surface area contributed by atoms with E-state index in [-0.39, 0.29) is 11.3 Å². The molecule has 1 rings (SSSR count). The van der Waals surface area contributed by atoms with Gasteiger partial charge in [-0.3, -0.25) is 9.59 Å². The first-order valence-corrected chi connectivity index (χ1v) is 7.04. The molecule has 0 aliphatic rings. The fourth-order valence-corrected chi connectivity index (χ4v) is 1.80. The van der Waals surface area contributed by atoms with Gasteiger partial charge in [0.15, 0.2) is 5.78 Å². The molecule has 1 unspecified atom stereocenters. The molecule has 0 spiro atoms. The number of hydrogen-bond donors (Lipinski definition) is 0. The quantitative estimate of drug-likeness (QED) is 0.546. The average molecular weight is 296 g/mol. The maximum atomic E-state index is 14.1. The van der Waals surface area contributed by atoms with Crippen molar-refractivity contribution in [3.8, 4) is 11.5 Å². The molecule has 0 aliphatic carbocycles. The molecule has 0 aliphatic heterocycles. The molecule has 21 heavy (non-hydrogen) atoms. The van der Waals surface area contributed by atoms with Gasteiger partial charge in [0, 0.05) is 5.92 Å². The Morgan fingerprint density at radius 3 is 2.29 bits per heavy atom. The molecular weight excluding hydrogens is 275 g/mol. The monoisotopic (exact) mass is 296 g/mol. The number of rotatable bonds is 8. The molecule has 1 aromatic rings. The molecule has 0 amide bonds. The molecule has 0 heterocycles. The van der Waals surface area contributed by atoms with Crippen LogP contribution in [0.2, 0.25) is 0 Å². The summed E-state index contributed by atoms with van der Waals surface area (Å²) in [6, 6.07) is 4.61. The van der Waals surface area contributed by atoms with Gasteiger partial charge in [-0.25, -0.2) is 4.39 Å². The summed E-state index contributed by atoms with van der Waals surface area (Å²) >= 11 is 0. The van der Waals surface area contributed by atoms with Gasteiger partial charge < -0.3 is 9.47 Å². The van der Waals surface area contributed by atoms with Gasteiger partial charge in [-0.2, -0.15) is 0 Å². The first kappa shape index (κ1) is 17.1. The number of halogens is 1. The van der Waals surface area contributed by atoms with Gasteiger partial charge in [-0.1, -0.05) is 13.8 Å². The van der Waals surface area contributed by atoms with Crippen LogP contribution < -0.4 is 9.47 Å². The van der Waals surface area contributed by atoms with Gasteiger partial charge >= 0.3 is 0 Å². The largest absolute Gasteiger partial charge is 0.494 e. The summed E-state index contributed by atoms with van der Waals surface area (Å²) in [5.74, 6) is -1.48. The van der Waals surface area contributed by atoms with E-state index in [9.17, 15) is 14.0 Å². The Morgan fingerprint density at radius 2 is 1.76 bits per heavy atom. The number of ketones is 2. The first-order valence-electron chi connectivity index (χ1n) is 7.04. The second kappa shape index (κ2) is 7.76. The topological polar surface area (TPSA) is 52.6 Å². The minimum absolute atomic E-state index is 0.0318. The Kier molecular flexibility index (Phi) is 6.34. The van der Waals surface area contributed by atoms with Gasteiger partial charge in [0.05, 0.1) is 18.8 Å². The predicted octanol–water partition coefficient (Wildman–Crippen LogP) is 3.23. The van der Waals surface area contributed by atoms with E-state index in [0.29, 0.717) is 19.0 Å². The molecule has 0 saturated carbocycles. The Morgan fingerprint density at radius 1 is 1.14 bits per heavy atom. The van der Waals surface area contributed by atoms with E-state index in [4.69, 9.17) is 9.47 Å². The van der Waals surface area contributed by atoms with Crippen LogP contribution in [-0.2, 0) is 4.79 Å². The van der Waals surface area contributed by atoms with Crippen molar-refractivity contribution in [2.75, 3.05) is 13.2 Å². The highest BCUT2D eigenvalue weighted by Crippen LogP contribution is 2.27. The normalized spacial score (nSPS) is 12.1. The molecule has 1 aromatic carbocycles. The lowest BCUT2D eigenvalue weighted by molar-refractivity contribution is -0.125. The van der Waals surface area contributed by atoms with E-state index < -0.39 is 23.7 Å². The summed E-state index contributed by atoms with van der Waals surface area (Å²) in [4.78, 5) is 23.9. The maximum Gasteiger partial charge on any atom is 0.221 e. The summed E-state index contributed by atoms with van der Waals surface area (Å²) in [7, 11) is 0. The second-order valence-electron chi connectivity index (χ2n) is 4.81. The molecular formula is C16H21FO4. The minimum atomic E-state index is -2.18. The highest BCUT2D eigenvalue weighted by Gasteiger charge is 2.31. The molecule has 1 atom stereocenters. The number of hydrogen-bond acceptors (Lipinski definition) is 4. The highest BCUT2D eigenvalue weighted by atomic mass is 19.1. The highest BCUT2D eigenvalue weighted by molar-refractivity contribution is 6.14. The van der Waals surface area contributed by atoms with Gasteiger partial charge in [-0.05, 0) is 32.0 Å². The van der Waals surface area contributed by atoms with Crippen molar-refractivity contribution in [1.29, 1.82) is 0 Å². The molecule has 116 valence electrons. The minimum Gasteiger partial charge on any atom is -0.494 e. The van der Waals surface area contributed by atoms with E-state index in [1.807, 2.05) is 0 Å². The van der Waals surface area contributed by atoms with Crippen LogP contribution >= 0.6 is 0 Å². The Hall–Kier alpha value is -1.91. The van der Waals surface area contributed by atoms with Crippen LogP contribution in [0.15, 0.2) is 18.2 Å². The van der Waals surface area contributed by atoms with E-state index in [0.717, 1.165) is 0 Å². The van der Waals surface area contributed by atoms with Crippen molar-refractivity contribution in [2.45, 2.75) is 33.9 Å². The van der Waals surface area contributed by atoms with Crippen molar-refractivity contribution in [3.63, 3.8) is 0 Å². The molecule has 0 fully saturated rings. The van der Waals surface area contributed by atoms with Crippen LogP contribution in [0, 0.1) is 5.92 Å². The van der Waals surface area contributed by atoms with Crippen molar-refractivity contribution >= 4 is 11.6 Å². The van der Waals surface area contributed by atoms with Gasteiger partial charge in [0.25, 0.3) is 0 Å². The Balaban J connectivity index is 3.15. The van der Waals surface area contributed by atoms with Crippen LogP contribution in [0.4, 0.5) is 4.39 Å². The standard InChI is InChI=1S/C16H21FO4/c1-5-20-11-7-8-13(21-6-2)12(9-11)16(19)14(17)15(18)10(3)4/h7-10,14H,5-6H2,1-4H3. The zero-order valence-corrected chi connectivity index (χ0v) is 12.8. The van der Waals surface area contributed by atoms with Crippen LogP contribution in [0.5, 0.6) is 11.5 Å². The molecule has 5 heteroatoms. The number of alkyl halides is 1. The van der Waals surface area contributed by atoms with E-state index in [1.54, 1.807) is 39.8 Å². The lowest BCUT2D eigenvalue weighted by Crippen LogP contribution is -2.29. The number of carbonyl (C=O) groups is 2. The third-order valence-corrected chi connectivity index (χ3v) is 2.88. The van der Waals surface area contributed by atoms with Crippen molar-refractivity contribution < 1.29 is 23.5 Å². The van der Waals surface area contributed by atoms with Crippen LogP contribution in [-0.4, -0.2) is 31.0 Å². The summed E-state index contributed by atoms with van der Waals surface area (Å²) in [6.07, 6.45) is -2.18. The van der Waals surface area contributed by atoms with Crippen LogP contribution in [0.1, 0.15) is 38.1 Å². The van der Waals surface area contributed by atoms with Gasteiger partial charge in [0.1, 0.15) is 11.5 Å².